The van der Waals surface area contributed by atoms with Crippen LogP contribution < -0.4 is 0 Å². The highest BCUT2D eigenvalue weighted by Gasteiger charge is 1.83. The van der Waals surface area contributed by atoms with Gasteiger partial charge in [0.1, 0.15) is 6.20 Å². The van der Waals surface area contributed by atoms with Crippen molar-refractivity contribution < 1.29 is 0 Å². The number of aromatic nitrogens is 2. The molecular weight excluding hydrogens is 108 g/mol. The van der Waals surface area contributed by atoms with Gasteiger partial charge in [0, 0.05) is 0 Å². The lowest BCUT2D eigenvalue weighted by Crippen LogP contribution is -1.65. The first kappa shape index (κ1) is 4.71. The molecule has 1 N–H and O–H groups in total. The van der Waals surface area contributed by atoms with Crippen molar-refractivity contribution in [2.24, 2.45) is 0 Å². The summed E-state index contributed by atoms with van der Waals surface area (Å²) >= 11 is 1.63. The van der Waals surface area contributed by atoms with Crippen LogP contribution in [0.5, 0.6) is 0 Å². The Labute approximate surface area is 46.3 Å². The fraction of sp³-hybridized carbons (Fsp3) is 0.250. The monoisotopic (exact) mass is 113 g/mol. The van der Waals surface area contributed by atoms with Crippen LogP contribution >= 0.6 is 11.8 Å². The summed E-state index contributed by atoms with van der Waals surface area (Å²) < 4.78 is 0. The highest BCUT2D eigenvalue weighted by atomic mass is 32.2. The van der Waals surface area contributed by atoms with Crippen LogP contribution in [0.1, 0.15) is 0 Å². The van der Waals surface area contributed by atoms with Crippen LogP contribution in [0.25, 0.3) is 0 Å². The molecule has 37 valence electrons. The Hall–Kier alpha value is -0.440. The summed E-state index contributed by atoms with van der Waals surface area (Å²) in [6.45, 7) is 0. The number of hydrogen-bond acceptors (Lipinski definition) is 2. The van der Waals surface area contributed by atoms with Crippen LogP contribution in [0.2, 0.25) is 0 Å². The van der Waals surface area contributed by atoms with Gasteiger partial charge in [-0.3, -0.25) is 5.10 Å². The maximum Gasteiger partial charge on any atom is 0.114 e. The lowest BCUT2D eigenvalue weighted by atomic mass is 10.8. The van der Waals surface area contributed by atoms with Crippen LogP contribution in [0.3, 0.4) is 0 Å². The lowest BCUT2D eigenvalue weighted by molar-refractivity contribution is 1.00. The Morgan fingerprint density at radius 1 is 2.00 bits per heavy atom. The predicted octanol–water partition coefficient (Wildman–Crippen LogP) is 0.932. The normalized spacial score (nSPS) is 9.29. The molecule has 1 radical (unpaired) electrons. The Morgan fingerprint density at radius 3 is 3.14 bits per heavy atom. The topological polar surface area (TPSA) is 28.7 Å². The van der Waals surface area contributed by atoms with Crippen molar-refractivity contribution in [3.63, 3.8) is 0 Å². The third-order valence-electron chi connectivity index (χ3n) is 0.646. The molecule has 0 atom stereocenters. The third kappa shape index (κ3) is 0.962. The van der Waals surface area contributed by atoms with Crippen LogP contribution in [-0.4, -0.2) is 16.5 Å². The minimum Gasteiger partial charge on any atom is -0.271 e. The minimum atomic E-state index is 1.06. The van der Waals surface area contributed by atoms with Gasteiger partial charge in [-0.05, 0) is 12.3 Å². The van der Waals surface area contributed by atoms with E-state index in [1.807, 2.05) is 12.3 Å². The summed E-state index contributed by atoms with van der Waals surface area (Å²) in [7, 11) is 0. The lowest BCUT2D eigenvalue weighted by Gasteiger charge is -1.79. The molecule has 0 saturated heterocycles. The molecule has 2 nitrogen and oxygen atoms in total. The number of nitrogens with zero attached hydrogens (tertiary/aromatic N) is 1. The Morgan fingerprint density at radius 2 is 2.86 bits per heavy atom. The van der Waals surface area contributed by atoms with Crippen LogP contribution in [0.4, 0.5) is 0 Å². The molecule has 0 bridgehead atoms. The first-order valence-corrected chi connectivity index (χ1v) is 3.11. The number of H-pyrrole nitrogens is 1. The molecule has 1 heterocycles. The highest BCUT2D eigenvalue weighted by molar-refractivity contribution is 7.98. The number of nitrogens with one attached hydrogen (secondary N) is 1. The Balaban J connectivity index is 2.76. The van der Waals surface area contributed by atoms with Gasteiger partial charge in [0.25, 0.3) is 0 Å². The van der Waals surface area contributed by atoms with Gasteiger partial charge in [0.05, 0.1) is 5.03 Å². The molecule has 0 spiro atoms. The highest BCUT2D eigenvalue weighted by Crippen LogP contribution is 2.06. The van der Waals surface area contributed by atoms with E-state index in [9.17, 15) is 0 Å². The van der Waals surface area contributed by atoms with Gasteiger partial charge in [-0.1, -0.05) is 0 Å². The zero-order valence-electron chi connectivity index (χ0n) is 3.93. The van der Waals surface area contributed by atoms with E-state index in [4.69, 9.17) is 0 Å². The smallest absolute Gasteiger partial charge is 0.114 e. The SMILES string of the molecule is CSc1c[c]n[nH]1. The summed E-state index contributed by atoms with van der Waals surface area (Å²) in [6.07, 6.45) is 4.64. The predicted molar refractivity (Wildman–Crippen MR) is 29.2 cm³/mol. The minimum absolute atomic E-state index is 1.06. The van der Waals surface area contributed by atoms with E-state index < -0.39 is 0 Å². The molecular formula is C4H5N2S. The molecule has 1 aromatic rings. The van der Waals surface area contributed by atoms with Gasteiger partial charge < -0.3 is 0 Å². The number of thioether (sulfide) groups is 1. The van der Waals surface area contributed by atoms with E-state index in [1.165, 1.54) is 0 Å². The van der Waals surface area contributed by atoms with E-state index in [1.54, 1.807) is 11.8 Å². The molecule has 0 fully saturated rings. The largest absolute Gasteiger partial charge is 0.271 e. The van der Waals surface area contributed by atoms with Crippen molar-refractivity contribution in [2.45, 2.75) is 5.03 Å². The molecule has 7 heavy (non-hydrogen) atoms. The average Bonchev–Trinajstić information content (AvgIpc) is 2.14. The molecule has 0 aliphatic rings. The van der Waals surface area contributed by atoms with Crippen molar-refractivity contribution in [3.8, 4) is 0 Å². The average molecular weight is 113 g/mol. The van der Waals surface area contributed by atoms with Gasteiger partial charge in [0.2, 0.25) is 0 Å². The number of rotatable bonds is 1. The molecule has 1 rings (SSSR count). The maximum atomic E-state index is 3.62. The number of aromatic amines is 1. The zero-order valence-corrected chi connectivity index (χ0v) is 4.75. The Kier molecular flexibility index (Phi) is 1.36. The molecule has 0 amide bonds. The van der Waals surface area contributed by atoms with Gasteiger partial charge >= 0.3 is 0 Å². The van der Waals surface area contributed by atoms with Gasteiger partial charge in [0.15, 0.2) is 0 Å². The van der Waals surface area contributed by atoms with Crippen molar-refractivity contribution in [1.82, 2.24) is 10.2 Å². The van der Waals surface area contributed by atoms with Crippen molar-refractivity contribution in [3.05, 3.63) is 12.3 Å². The summed E-state index contributed by atoms with van der Waals surface area (Å²) in [5.74, 6) is 0. The fourth-order valence-corrected chi connectivity index (χ4v) is 0.623. The van der Waals surface area contributed by atoms with Crippen LogP contribution in [0, 0.1) is 6.20 Å². The quantitative estimate of drug-likeness (QED) is 0.549. The molecule has 0 saturated carbocycles. The van der Waals surface area contributed by atoms with Gasteiger partial charge in [-0.15, -0.1) is 11.8 Å². The van der Waals surface area contributed by atoms with E-state index in [2.05, 4.69) is 16.4 Å². The van der Waals surface area contributed by atoms with E-state index in [0.717, 1.165) is 5.03 Å². The number of hydrogen-bond donors (Lipinski definition) is 1. The van der Waals surface area contributed by atoms with E-state index in [0.29, 0.717) is 0 Å². The second-order valence-electron chi connectivity index (χ2n) is 1.07. The van der Waals surface area contributed by atoms with Crippen LogP contribution in [0.15, 0.2) is 11.1 Å². The van der Waals surface area contributed by atoms with Gasteiger partial charge in [-0.2, -0.15) is 5.10 Å². The second kappa shape index (κ2) is 2.02. The Bertz CT molecular complexity index is 124. The first-order valence-electron chi connectivity index (χ1n) is 1.89. The summed E-state index contributed by atoms with van der Waals surface area (Å²) in [4.78, 5) is 0. The summed E-state index contributed by atoms with van der Waals surface area (Å²) in [5, 5.41) is 7.42. The fourth-order valence-electron chi connectivity index (χ4n) is 0.315. The zero-order chi connectivity index (χ0) is 5.11. The van der Waals surface area contributed by atoms with E-state index in [-0.39, 0.29) is 0 Å². The van der Waals surface area contributed by atoms with Crippen molar-refractivity contribution in [1.29, 1.82) is 0 Å². The van der Waals surface area contributed by atoms with E-state index >= 15 is 0 Å². The van der Waals surface area contributed by atoms with Crippen molar-refractivity contribution >= 4 is 11.8 Å². The second-order valence-corrected chi connectivity index (χ2v) is 1.91. The van der Waals surface area contributed by atoms with Gasteiger partial charge in [-0.25, -0.2) is 0 Å². The first-order chi connectivity index (χ1) is 3.43. The molecule has 0 unspecified atom stereocenters. The standard InChI is InChI=1S/C4H5N2S/c1-7-4-2-3-5-6-4/h2H,1H3,(H,5,6). The molecule has 0 aliphatic heterocycles. The molecule has 0 aliphatic carbocycles. The summed E-state index contributed by atoms with van der Waals surface area (Å²) in [5.41, 5.74) is 0. The van der Waals surface area contributed by atoms with Crippen molar-refractivity contribution in [2.75, 3.05) is 6.26 Å². The summed E-state index contributed by atoms with van der Waals surface area (Å²) in [6, 6.07) is 1.81. The van der Waals surface area contributed by atoms with Crippen LogP contribution in [-0.2, 0) is 0 Å². The molecule has 3 heteroatoms. The third-order valence-corrected chi connectivity index (χ3v) is 1.30. The molecule has 1 aromatic heterocycles. The maximum absolute atomic E-state index is 3.62. The molecule has 0 aromatic carbocycles.